The van der Waals surface area contributed by atoms with Gasteiger partial charge in [-0.3, -0.25) is 4.79 Å². The maximum Gasteiger partial charge on any atom is 0.166 e. The van der Waals surface area contributed by atoms with Gasteiger partial charge in [-0.15, -0.1) is 0 Å². The molecule has 0 aromatic carbocycles. The molecule has 3 nitrogen and oxygen atoms in total. The molecule has 0 aliphatic heterocycles. The van der Waals surface area contributed by atoms with Gasteiger partial charge in [-0.25, -0.2) is 4.39 Å². The lowest BCUT2D eigenvalue weighted by molar-refractivity contribution is 0.111. The number of carbonyl (C=O) groups is 1. The number of rotatable bonds is 3. The molecule has 1 rings (SSSR count). The summed E-state index contributed by atoms with van der Waals surface area (Å²) >= 11 is 0. The largest absolute Gasteiger partial charge is 0.352 e. The first-order valence-corrected chi connectivity index (χ1v) is 4.33. The molecule has 0 atom stereocenters. The van der Waals surface area contributed by atoms with Gasteiger partial charge in [0.05, 0.1) is 11.4 Å². The fraction of sp³-hybridized carbons (Fsp3) is 0.182. The van der Waals surface area contributed by atoms with E-state index in [1.54, 1.807) is 6.92 Å². The number of hydrogen-bond donors (Lipinski definition) is 2. The van der Waals surface area contributed by atoms with E-state index in [1.165, 1.54) is 13.1 Å². The van der Waals surface area contributed by atoms with Crippen LogP contribution in [0.2, 0.25) is 0 Å². The van der Waals surface area contributed by atoms with E-state index in [9.17, 15) is 9.18 Å². The van der Waals surface area contributed by atoms with Crippen LogP contribution in [-0.2, 0) is 0 Å². The van der Waals surface area contributed by atoms with Crippen molar-refractivity contribution in [1.82, 2.24) is 4.98 Å². The summed E-state index contributed by atoms with van der Waals surface area (Å²) in [7, 11) is 1.50. The lowest BCUT2D eigenvalue weighted by Gasteiger charge is -1.98. The summed E-state index contributed by atoms with van der Waals surface area (Å²) in [6.45, 7) is 8.56. The smallest absolute Gasteiger partial charge is 0.166 e. The Labute approximate surface area is 88.5 Å². The molecule has 1 aromatic heterocycles. The highest BCUT2D eigenvalue weighted by Crippen LogP contribution is 2.24. The Morgan fingerprint density at radius 3 is 2.33 bits per heavy atom. The third kappa shape index (κ3) is 3.18. The van der Waals surface area contributed by atoms with Gasteiger partial charge in [0.1, 0.15) is 5.83 Å². The Balaban J connectivity index is 0.000000921. The zero-order valence-electron chi connectivity index (χ0n) is 8.93. The number of carbonyl (C=O) groups excluding carboxylic acids is 1. The fourth-order valence-electron chi connectivity index (χ4n) is 1.09. The quantitative estimate of drug-likeness (QED) is 0.752. The minimum Gasteiger partial charge on any atom is -0.352 e. The number of aromatic amines is 1. The van der Waals surface area contributed by atoms with E-state index < -0.39 is 5.83 Å². The number of allylic oxidation sites excluding steroid dienone is 1. The van der Waals surface area contributed by atoms with Crippen LogP contribution in [0.1, 0.15) is 28.7 Å². The van der Waals surface area contributed by atoms with Gasteiger partial charge in [-0.1, -0.05) is 13.2 Å². The van der Waals surface area contributed by atoms with E-state index in [1.807, 2.05) is 0 Å². The minimum absolute atomic E-state index is 0.301. The summed E-state index contributed by atoms with van der Waals surface area (Å²) in [5, 5.41) is 0. The standard InChI is InChI=1S/C10H10FNO.CH5N/c1-6(2)10-9(7(3)11)4-8(5-13)12-10;1-2/h4-5,12H,1,3H2,2H3;2H2,1H3. The first kappa shape index (κ1) is 13.3. The number of aldehydes is 1. The molecule has 0 saturated carbocycles. The number of H-pyrrole nitrogens is 1. The summed E-state index contributed by atoms with van der Waals surface area (Å²) < 4.78 is 12.8. The average molecular weight is 210 g/mol. The zero-order valence-corrected chi connectivity index (χ0v) is 8.93. The predicted molar refractivity (Wildman–Crippen MR) is 61.1 cm³/mol. The molecule has 0 unspecified atom stereocenters. The maximum atomic E-state index is 12.8. The van der Waals surface area contributed by atoms with Crippen LogP contribution in [0.5, 0.6) is 0 Å². The third-order valence-electron chi connectivity index (χ3n) is 1.68. The Morgan fingerprint density at radius 2 is 2.07 bits per heavy atom. The lowest BCUT2D eigenvalue weighted by atomic mass is 10.1. The third-order valence-corrected chi connectivity index (χ3v) is 1.68. The molecule has 1 heterocycles. The van der Waals surface area contributed by atoms with Gasteiger partial charge in [0, 0.05) is 5.56 Å². The first-order valence-electron chi connectivity index (χ1n) is 4.33. The van der Waals surface area contributed by atoms with Gasteiger partial charge in [-0.2, -0.15) is 0 Å². The van der Waals surface area contributed by atoms with Gasteiger partial charge in [0.25, 0.3) is 0 Å². The molecule has 1 aromatic rings. The summed E-state index contributed by atoms with van der Waals surface area (Å²) in [5.41, 5.74) is 6.32. The summed E-state index contributed by atoms with van der Waals surface area (Å²) in [4.78, 5) is 13.1. The summed E-state index contributed by atoms with van der Waals surface area (Å²) in [5.74, 6) is -0.567. The van der Waals surface area contributed by atoms with Crippen molar-refractivity contribution in [2.45, 2.75) is 6.92 Å². The van der Waals surface area contributed by atoms with Gasteiger partial charge in [0.15, 0.2) is 6.29 Å². The molecule has 3 N–H and O–H groups in total. The maximum absolute atomic E-state index is 12.8. The molecule has 0 saturated heterocycles. The second-order valence-corrected chi connectivity index (χ2v) is 2.82. The Hall–Kier alpha value is -1.68. The van der Waals surface area contributed by atoms with Gasteiger partial charge >= 0.3 is 0 Å². The molecule has 0 bridgehead atoms. The van der Waals surface area contributed by atoms with Crippen LogP contribution in [-0.4, -0.2) is 18.3 Å². The van der Waals surface area contributed by atoms with Crippen molar-refractivity contribution in [2.24, 2.45) is 5.73 Å². The molecule has 0 fully saturated rings. The molecule has 0 radical (unpaired) electrons. The van der Waals surface area contributed by atoms with Crippen molar-refractivity contribution >= 4 is 17.7 Å². The normalized spacial score (nSPS) is 8.80. The second kappa shape index (κ2) is 5.93. The summed E-state index contributed by atoms with van der Waals surface area (Å²) in [6.07, 6.45) is 0.624. The molecular formula is C11H15FN2O. The van der Waals surface area contributed by atoms with Crippen LogP contribution in [0.3, 0.4) is 0 Å². The molecule has 0 aliphatic carbocycles. The Bertz CT molecular complexity index is 348. The van der Waals surface area contributed by atoms with Crippen molar-refractivity contribution in [3.63, 3.8) is 0 Å². The molecular weight excluding hydrogens is 195 g/mol. The predicted octanol–water partition coefficient (Wildman–Crippen LogP) is 2.38. The van der Waals surface area contributed by atoms with E-state index >= 15 is 0 Å². The van der Waals surface area contributed by atoms with Crippen LogP contribution in [0.15, 0.2) is 19.2 Å². The molecule has 0 spiro atoms. The van der Waals surface area contributed by atoms with Crippen LogP contribution >= 0.6 is 0 Å². The van der Waals surface area contributed by atoms with Crippen molar-refractivity contribution in [3.8, 4) is 0 Å². The summed E-state index contributed by atoms with van der Waals surface area (Å²) in [6, 6.07) is 1.42. The number of nitrogens with two attached hydrogens (primary N) is 1. The van der Waals surface area contributed by atoms with Crippen molar-refractivity contribution < 1.29 is 9.18 Å². The molecule has 0 amide bonds. The van der Waals surface area contributed by atoms with Gasteiger partial charge in [0.2, 0.25) is 0 Å². The van der Waals surface area contributed by atoms with E-state index in [-0.39, 0.29) is 0 Å². The second-order valence-electron chi connectivity index (χ2n) is 2.82. The van der Waals surface area contributed by atoms with E-state index in [2.05, 4.69) is 23.9 Å². The Morgan fingerprint density at radius 1 is 1.53 bits per heavy atom. The van der Waals surface area contributed by atoms with E-state index in [0.717, 1.165) is 0 Å². The number of nitrogens with one attached hydrogen (secondary N) is 1. The van der Waals surface area contributed by atoms with Crippen LogP contribution < -0.4 is 5.73 Å². The first-order chi connectivity index (χ1) is 7.06. The molecule has 15 heavy (non-hydrogen) atoms. The number of aromatic nitrogens is 1. The van der Waals surface area contributed by atoms with Crippen LogP contribution in [0.4, 0.5) is 4.39 Å². The monoisotopic (exact) mass is 210 g/mol. The molecule has 4 heteroatoms. The van der Waals surface area contributed by atoms with Crippen molar-refractivity contribution in [2.75, 3.05) is 7.05 Å². The lowest BCUT2D eigenvalue weighted by Crippen LogP contribution is -1.84. The highest BCUT2D eigenvalue weighted by molar-refractivity contribution is 5.81. The van der Waals surface area contributed by atoms with Gasteiger partial charge < -0.3 is 10.7 Å². The van der Waals surface area contributed by atoms with Crippen LogP contribution in [0, 0.1) is 0 Å². The minimum atomic E-state index is -0.567. The topological polar surface area (TPSA) is 58.9 Å². The molecule has 0 aliphatic rings. The van der Waals surface area contributed by atoms with Gasteiger partial charge in [-0.05, 0) is 25.6 Å². The van der Waals surface area contributed by atoms with E-state index in [0.29, 0.717) is 28.8 Å². The Kier molecular flexibility index (Phi) is 5.26. The highest BCUT2D eigenvalue weighted by Gasteiger charge is 2.10. The fourth-order valence-corrected chi connectivity index (χ4v) is 1.09. The average Bonchev–Trinajstić information content (AvgIpc) is 2.64. The highest BCUT2D eigenvalue weighted by atomic mass is 19.1. The van der Waals surface area contributed by atoms with Crippen LogP contribution in [0.25, 0.3) is 11.4 Å². The number of halogens is 1. The zero-order chi connectivity index (χ0) is 12.0. The van der Waals surface area contributed by atoms with Crippen molar-refractivity contribution in [3.05, 3.63) is 36.2 Å². The molecule has 82 valence electrons. The SMILES string of the molecule is C=C(F)c1cc(C=O)[nH]c1C(=C)C.CN. The van der Waals surface area contributed by atoms with Crippen molar-refractivity contribution in [1.29, 1.82) is 0 Å². The number of hydrogen-bond acceptors (Lipinski definition) is 2. The van der Waals surface area contributed by atoms with E-state index in [4.69, 9.17) is 0 Å².